The van der Waals surface area contributed by atoms with Gasteiger partial charge in [0.05, 0.1) is 12.0 Å². The van der Waals surface area contributed by atoms with Crippen molar-refractivity contribution in [2.45, 2.75) is 31.6 Å². The Kier molecular flexibility index (Phi) is 3.47. The van der Waals surface area contributed by atoms with Crippen LogP contribution in [0.25, 0.3) is 11.3 Å². The molecule has 1 aromatic heterocycles. The second-order valence-electron chi connectivity index (χ2n) is 7.33. The van der Waals surface area contributed by atoms with Gasteiger partial charge in [-0.2, -0.15) is 0 Å². The summed E-state index contributed by atoms with van der Waals surface area (Å²) < 4.78 is 1.99. The molecule has 4 heteroatoms. The summed E-state index contributed by atoms with van der Waals surface area (Å²) in [5.74, 6) is 0.648. The van der Waals surface area contributed by atoms with Crippen LogP contribution in [0.2, 0.25) is 0 Å². The normalized spacial score (nSPS) is 20.5. The maximum Gasteiger partial charge on any atom is 0.209 e. The molecule has 2 aromatic rings. The Morgan fingerprint density at radius 2 is 2.04 bits per heavy atom. The van der Waals surface area contributed by atoms with E-state index in [0.29, 0.717) is 11.3 Å². The van der Waals surface area contributed by atoms with E-state index in [-0.39, 0.29) is 0 Å². The Morgan fingerprint density at radius 1 is 1.26 bits per heavy atom. The molecular formula is C19H23N3O. The summed E-state index contributed by atoms with van der Waals surface area (Å²) in [5.41, 5.74) is 4.12. The number of aryl methyl sites for hydroxylation is 1. The van der Waals surface area contributed by atoms with Gasteiger partial charge in [0.1, 0.15) is 0 Å². The molecule has 1 spiro atoms. The fourth-order valence-electron chi connectivity index (χ4n) is 4.28. The van der Waals surface area contributed by atoms with Gasteiger partial charge >= 0.3 is 0 Å². The highest BCUT2D eigenvalue weighted by molar-refractivity contribution is 5.59. The lowest BCUT2D eigenvalue weighted by Crippen LogP contribution is -2.56. The smallest absolute Gasteiger partial charge is 0.209 e. The van der Waals surface area contributed by atoms with E-state index >= 15 is 0 Å². The molecule has 23 heavy (non-hydrogen) atoms. The van der Waals surface area contributed by atoms with Crippen LogP contribution in [0.15, 0.2) is 36.8 Å². The Labute approximate surface area is 137 Å². The summed E-state index contributed by atoms with van der Waals surface area (Å²) in [6.07, 6.45) is 9.87. The third-order valence-electron chi connectivity index (χ3n) is 5.63. The molecule has 1 aromatic carbocycles. The Bertz CT molecular complexity index is 705. The fourth-order valence-corrected chi connectivity index (χ4v) is 4.28. The van der Waals surface area contributed by atoms with Crippen molar-refractivity contribution in [1.82, 2.24) is 14.5 Å². The lowest BCUT2D eigenvalue weighted by molar-refractivity contribution is -0.131. The number of carbonyl (C=O) groups excluding carboxylic acids is 1. The van der Waals surface area contributed by atoms with Crippen molar-refractivity contribution in [2.24, 2.45) is 12.5 Å². The van der Waals surface area contributed by atoms with Crippen LogP contribution in [0.3, 0.4) is 0 Å². The molecule has 4 nitrogen and oxygen atoms in total. The van der Waals surface area contributed by atoms with Crippen LogP contribution in [0.1, 0.15) is 37.2 Å². The molecule has 4 rings (SSSR count). The number of aromatic nitrogens is 2. The number of carbonyl (C=O) groups is 1. The van der Waals surface area contributed by atoms with Crippen LogP contribution in [0, 0.1) is 5.41 Å². The van der Waals surface area contributed by atoms with E-state index in [0.717, 1.165) is 25.2 Å². The monoisotopic (exact) mass is 309 g/mol. The number of imidazole rings is 1. The van der Waals surface area contributed by atoms with Crippen LogP contribution in [-0.4, -0.2) is 34.0 Å². The van der Waals surface area contributed by atoms with Crippen molar-refractivity contribution in [2.75, 3.05) is 13.1 Å². The first-order chi connectivity index (χ1) is 11.2. The molecule has 120 valence electrons. The molecule has 2 aliphatic rings. The molecule has 0 bridgehead atoms. The number of hydrogen-bond acceptors (Lipinski definition) is 2. The van der Waals surface area contributed by atoms with E-state index in [1.807, 2.05) is 22.8 Å². The molecular weight excluding hydrogens is 286 g/mol. The van der Waals surface area contributed by atoms with Gasteiger partial charge in [0, 0.05) is 37.3 Å². The van der Waals surface area contributed by atoms with Crippen molar-refractivity contribution in [3.8, 4) is 11.3 Å². The van der Waals surface area contributed by atoms with Gasteiger partial charge in [-0.25, -0.2) is 4.98 Å². The van der Waals surface area contributed by atoms with Crippen molar-refractivity contribution in [1.29, 1.82) is 0 Å². The molecule has 1 saturated heterocycles. The highest BCUT2D eigenvalue weighted by Gasteiger charge is 2.44. The van der Waals surface area contributed by atoms with E-state index in [2.05, 4.69) is 35.4 Å². The number of benzene rings is 1. The van der Waals surface area contributed by atoms with E-state index < -0.39 is 0 Å². The topological polar surface area (TPSA) is 38.1 Å². The number of nitrogens with zero attached hydrogens (tertiary/aromatic N) is 3. The molecule has 2 heterocycles. The first-order valence-corrected chi connectivity index (χ1v) is 8.45. The Hall–Kier alpha value is -2.10. The van der Waals surface area contributed by atoms with Crippen LogP contribution in [0.5, 0.6) is 0 Å². The molecule has 1 amide bonds. The third kappa shape index (κ3) is 2.67. The molecule has 0 atom stereocenters. The van der Waals surface area contributed by atoms with Gasteiger partial charge in [-0.05, 0) is 43.2 Å². The average molecular weight is 309 g/mol. The lowest BCUT2D eigenvalue weighted by atomic mass is 9.65. The zero-order valence-electron chi connectivity index (χ0n) is 13.6. The van der Waals surface area contributed by atoms with Crippen LogP contribution in [0.4, 0.5) is 0 Å². The van der Waals surface area contributed by atoms with Gasteiger partial charge in [-0.1, -0.05) is 18.2 Å². The third-order valence-corrected chi connectivity index (χ3v) is 5.63. The fraction of sp³-hybridized carbons (Fsp3) is 0.474. The molecule has 1 aliphatic carbocycles. The van der Waals surface area contributed by atoms with Crippen LogP contribution >= 0.6 is 0 Å². The summed E-state index contributed by atoms with van der Waals surface area (Å²) in [4.78, 5) is 17.2. The van der Waals surface area contributed by atoms with Crippen LogP contribution in [-0.2, 0) is 11.8 Å². The number of amides is 1. The van der Waals surface area contributed by atoms with Crippen molar-refractivity contribution in [3.63, 3.8) is 0 Å². The predicted molar refractivity (Wildman–Crippen MR) is 89.9 cm³/mol. The second kappa shape index (κ2) is 5.52. The van der Waals surface area contributed by atoms with Gasteiger partial charge in [-0.3, -0.25) is 4.79 Å². The van der Waals surface area contributed by atoms with Gasteiger partial charge in [0.25, 0.3) is 0 Å². The quantitative estimate of drug-likeness (QED) is 0.817. The molecule has 1 aliphatic heterocycles. The molecule has 0 radical (unpaired) electrons. The highest BCUT2D eigenvalue weighted by atomic mass is 16.1. The van der Waals surface area contributed by atoms with E-state index in [4.69, 9.17) is 0 Å². The summed E-state index contributed by atoms with van der Waals surface area (Å²) in [5, 5.41) is 0. The van der Waals surface area contributed by atoms with Crippen molar-refractivity contribution < 1.29 is 4.79 Å². The first-order valence-electron chi connectivity index (χ1n) is 8.45. The van der Waals surface area contributed by atoms with E-state index in [1.165, 1.54) is 36.8 Å². The van der Waals surface area contributed by atoms with E-state index in [9.17, 15) is 4.79 Å². The summed E-state index contributed by atoms with van der Waals surface area (Å²) in [6, 6.07) is 8.86. The van der Waals surface area contributed by atoms with E-state index in [1.54, 1.807) is 0 Å². The average Bonchev–Trinajstić information content (AvgIpc) is 2.99. The summed E-state index contributed by atoms with van der Waals surface area (Å²) in [7, 11) is 2.00. The minimum atomic E-state index is 0.427. The Morgan fingerprint density at radius 3 is 2.70 bits per heavy atom. The molecule has 2 fully saturated rings. The van der Waals surface area contributed by atoms with Gasteiger partial charge in [0.2, 0.25) is 6.41 Å². The zero-order valence-corrected chi connectivity index (χ0v) is 13.6. The SMILES string of the molecule is Cn1cnc(-c2cccc(C3CCC4(CC3)CN(C=O)C4)c2)c1. The van der Waals surface area contributed by atoms with Crippen LogP contribution < -0.4 is 0 Å². The standard InChI is InChI=1S/C19H23N3O/c1-21-10-18(20-13-21)17-4-2-3-16(9-17)15-5-7-19(8-6-15)11-22(12-19)14-23/h2-4,9-10,13-15H,5-8,11-12H2,1H3. The first kappa shape index (κ1) is 14.5. The zero-order chi connectivity index (χ0) is 15.9. The maximum atomic E-state index is 10.8. The largest absolute Gasteiger partial charge is 0.344 e. The van der Waals surface area contributed by atoms with Crippen molar-refractivity contribution in [3.05, 3.63) is 42.4 Å². The number of hydrogen-bond donors (Lipinski definition) is 0. The van der Waals surface area contributed by atoms with Crippen molar-refractivity contribution >= 4 is 6.41 Å². The summed E-state index contributed by atoms with van der Waals surface area (Å²) >= 11 is 0. The molecule has 0 unspecified atom stereocenters. The number of rotatable bonds is 3. The minimum Gasteiger partial charge on any atom is -0.344 e. The molecule has 0 N–H and O–H groups in total. The Balaban J connectivity index is 1.46. The van der Waals surface area contributed by atoms with Gasteiger partial charge < -0.3 is 9.47 Å². The summed E-state index contributed by atoms with van der Waals surface area (Å²) in [6.45, 7) is 1.94. The maximum absolute atomic E-state index is 10.8. The number of likely N-dealkylation sites (tertiary alicyclic amines) is 1. The van der Waals surface area contributed by atoms with Gasteiger partial charge in [0.15, 0.2) is 0 Å². The molecule has 1 saturated carbocycles. The highest BCUT2D eigenvalue weighted by Crippen LogP contribution is 2.48. The van der Waals surface area contributed by atoms with Gasteiger partial charge in [-0.15, -0.1) is 0 Å². The predicted octanol–water partition coefficient (Wildman–Crippen LogP) is 3.20. The lowest BCUT2D eigenvalue weighted by Gasteiger charge is -2.52. The second-order valence-corrected chi connectivity index (χ2v) is 7.33. The minimum absolute atomic E-state index is 0.427.